The van der Waals surface area contributed by atoms with Gasteiger partial charge in [-0.15, -0.1) is 0 Å². The van der Waals surface area contributed by atoms with Gasteiger partial charge in [-0.2, -0.15) is 0 Å². The van der Waals surface area contributed by atoms with Crippen LogP contribution in [0.5, 0.6) is 0 Å². The Morgan fingerprint density at radius 3 is 2.50 bits per heavy atom. The van der Waals surface area contributed by atoms with E-state index in [2.05, 4.69) is 10.6 Å². The summed E-state index contributed by atoms with van der Waals surface area (Å²) in [6.45, 7) is 2.18. The van der Waals surface area contributed by atoms with E-state index in [1.54, 1.807) is 0 Å². The van der Waals surface area contributed by atoms with Crippen LogP contribution in [-0.2, 0) is 20.7 Å². The molecule has 110 valence electrons. The van der Waals surface area contributed by atoms with Gasteiger partial charge < -0.3 is 21.1 Å². The third-order valence-corrected chi connectivity index (χ3v) is 2.67. The maximum Gasteiger partial charge on any atom is 0.239 e. The number of rotatable bonds is 7. The maximum atomic E-state index is 11.5. The van der Waals surface area contributed by atoms with E-state index in [0.29, 0.717) is 13.0 Å². The van der Waals surface area contributed by atoms with Crippen molar-refractivity contribution in [1.29, 1.82) is 0 Å². The number of hydrogen-bond acceptors (Lipinski definition) is 4. The first-order valence-electron chi connectivity index (χ1n) is 6.41. The number of nitrogens with one attached hydrogen (secondary N) is 2. The van der Waals surface area contributed by atoms with Crippen LogP contribution in [0, 0.1) is 0 Å². The Kier molecular flexibility index (Phi) is 6.69. The molecule has 0 heterocycles. The number of methoxy groups -OCH3 is 1. The van der Waals surface area contributed by atoms with Gasteiger partial charge in [0.05, 0.1) is 6.61 Å². The monoisotopic (exact) mass is 279 g/mol. The number of anilines is 1. The normalized spacial score (nSPS) is 11.8. The smallest absolute Gasteiger partial charge is 0.239 e. The Morgan fingerprint density at radius 1 is 1.30 bits per heavy atom. The van der Waals surface area contributed by atoms with Gasteiger partial charge in [-0.05, 0) is 24.1 Å². The molecule has 0 fully saturated rings. The van der Waals surface area contributed by atoms with Gasteiger partial charge in [0.2, 0.25) is 11.8 Å². The van der Waals surface area contributed by atoms with Crippen molar-refractivity contribution in [3.8, 4) is 0 Å². The highest BCUT2D eigenvalue weighted by molar-refractivity contribution is 5.88. The number of carbonyl (C=O) groups excluding carboxylic acids is 2. The number of ether oxygens (including phenoxy) is 1. The fraction of sp³-hybridized carbons (Fsp3) is 0.429. The molecule has 2 amide bonds. The molecule has 6 nitrogen and oxygen atoms in total. The summed E-state index contributed by atoms with van der Waals surface area (Å²) in [7, 11) is 1.50. The Morgan fingerprint density at radius 2 is 1.95 bits per heavy atom. The molecule has 0 radical (unpaired) electrons. The summed E-state index contributed by atoms with van der Waals surface area (Å²) < 4.78 is 4.81. The molecule has 4 N–H and O–H groups in total. The average Bonchev–Trinajstić information content (AvgIpc) is 2.40. The SMILES string of the molecule is COCC(N)C(=O)NCCc1ccc(NC(C)=O)cc1. The minimum absolute atomic E-state index is 0.0999. The van der Waals surface area contributed by atoms with Crippen LogP contribution >= 0.6 is 0 Å². The summed E-state index contributed by atoms with van der Waals surface area (Å²) in [6, 6.07) is 6.84. The van der Waals surface area contributed by atoms with Crippen LogP contribution in [0.25, 0.3) is 0 Å². The van der Waals surface area contributed by atoms with Gasteiger partial charge in [0.25, 0.3) is 0 Å². The molecule has 0 saturated carbocycles. The Bertz CT molecular complexity index is 445. The van der Waals surface area contributed by atoms with E-state index in [1.807, 2.05) is 24.3 Å². The number of amides is 2. The largest absolute Gasteiger partial charge is 0.383 e. The Labute approximate surface area is 118 Å². The van der Waals surface area contributed by atoms with E-state index >= 15 is 0 Å². The van der Waals surface area contributed by atoms with Crippen molar-refractivity contribution in [3.63, 3.8) is 0 Å². The topological polar surface area (TPSA) is 93.4 Å². The van der Waals surface area contributed by atoms with Crippen LogP contribution in [0.15, 0.2) is 24.3 Å². The van der Waals surface area contributed by atoms with Gasteiger partial charge in [0.15, 0.2) is 0 Å². The lowest BCUT2D eigenvalue weighted by molar-refractivity contribution is -0.123. The van der Waals surface area contributed by atoms with Crippen LogP contribution in [0.2, 0.25) is 0 Å². The summed E-state index contributed by atoms with van der Waals surface area (Å²) >= 11 is 0. The molecule has 1 aromatic carbocycles. The molecule has 1 unspecified atom stereocenters. The summed E-state index contributed by atoms with van der Waals surface area (Å²) in [5, 5.41) is 5.45. The number of carbonyl (C=O) groups is 2. The summed E-state index contributed by atoms with van der Waals surface area (Å²) in [4.78, 5) is 22.4. The lowest BCUT2D eigenvalue weighted by Crippen LogP contribution is -2.44. The molecule has 0 saturated heterocycles. The van der Waals surface area contributed by atoms with Crippen molar-refractivity contribution in [3.05, 3.63) is 29.8 Å². The highest BCUT2D eigenvalue weighted by atomic mass is 16.5. The lowest BCUT2D eigenvalue weighted by Gasteiger charge is -2.11. The van der Waals surface area contributed by atoms with Crippen molar-refractivity contribution in [2.45, 2.75) is 19.4 Å². The highest BCUT2D eigenvalue weighted by Crippen LogP contribution is 2.09. The van der Waals surface area contributed by atoms with Crippen molar-refractivity contribution >= 4 is 17.5 Å². The molecule has 1 aromatic rings. The molecule has 1 atom stereocenters. The molecular weight excluding hydrogens is 258 g/mol. The number of nitrogens with two attached hydrogens (primary N) is 1. The minimum Gasteiger partial charge on any atom is -0.383 e. The first-order valence-corrected chi connectivity index (χ1v) is 6.41. The van der Waals surface area contributed by atoms with Gasteiger partial charge >= 0.3 is 0 Å². The van der Waals surface area contributed by atoms with Crippen molar-refractivity contribution < 1.29 is 14.3 Å². The molecule has 0 aliphatic heterocycles. The van der Waals surface area contributed by atoms with E-state index in [9.17, 15) is 9.59 Å². The minimum atomic E-state index is -0.637. The summed E-state index contributed by atoms with van der Waals surface area (Å²) in [5.41, 5.74) is 7.42. The number of hydrogen-bond donors (Lipinski definition) is 3. The molecule has 1 rings (SSSR count). The van der Waals surface area contributed by atoms with Crippen LogP contribution < -0.4 is 16.4 Å². The molecule has 0 spiro atoms. The molecule has 20 heavy (non-hydrogen) atoms. The summed E-state index contributed by atoms with van der Waals surface area (Å²) in [6.07, 6.45) is 0.700. The van der Waals surface area contributed by atoms with Crippen LogP contribution in [0.3, 0.4) is 0 Å². The quantitative estimate of drug-likeness (QED) is 0.668. The van der Waals surface area contributed by atoms with Crippen molar-refractivity contribution in [1.82, 2.24) is 5.32 Å². The predicted molar refractivity (Wildman–Crippen MR) is 77.3 cm³/mol. The third kappa shape index (κ3) is 5.81. The fourth-order valence-electron chi connectivity index (χ4n) is 1.67. The molecule has 0 aromatic heterocycles. The Balaban J connectivity index is 2.35. The molecule has 0 aliphatic carbocycles. The first-order chi connectivity index (χ1) is 9.52. The van der Waals surface area contributed by atoms with Crippen LogP contribution in [-0.4, -0.2) is 38.1 Å². The predicted octanol–water partition coefficient (Wildman–Crippen LogP) is 0.277. The molecule has 0 bridgehead atoms. The van der Waals surface area contributed by atoms with Crippen molar-refractivity contribution in [2.24, 2.45) is 5.73 Å². The number of benzene rings is 1. The van der Waals surface area contributed by atoms with Gasteiger partial charge in [-0.1, -0.05) is 12.1 Å². The van der Waals surface area contributed by atoms with Crippen LogP contribution in [0.4, 0.5) is 5.69 Å². The maximum absolute atomic E-state index is 11.5. The van der Waals surface area contributed by atoms with E-state index in [0.717, 1.165) is 11.3 Å². The highest BCUT2D eigenvalue weighted by Gasteiger charge is 2.11. The zero-order valence-electron chi connectivity index (χ0n) is 11.8. The molecular formula is C14H21N3O3. The fourth-order valence-corrected chi connectivity index (χ4v) is 1.67. The lowest BCUT2D eigenvalue weighted by atomic mass is 10.1. The van der Waals surface area contributed by atoms with Gasteiger partial charge in [-0.25, -0.2) is 0 Å². The van der Waals surface area contributed by atoms with Gasteiger partial charge in [0.1, 0.15) is 6.04 Å². The van der Waals surface area contributed by atoms with Gasteiger partial charge in [-0.3, -0.25) is 9.59 Å². The summed E-state index contributed by atoms with van der Waals surface area (Å²) in [5.74, 6) is -0.320. The molecule has 0 aliphatic rings. The van der Waals surface area contributed by atoms with Gasteiger partial charge in [0, 0.05) is 26.3 Å². The zero-order valence-corrected chi connectivity index (χ0v) is 11.8. The zero-order chi connectivity index (χ0) is 15.0. The standard InChI is InChI=1S/C14H21N3O3/c1-10(18)17-12-5-3-11(4-6-12)7-8-16-14(19)13(15)9-20-2/h3-6,13H,7-9,15H2,1-2H3,(H,16,19)(H,17,18). The van der Waals surface area contributed by atoms with E-state index in [4.69, 9.17) is 10.5 Å². The Hall–Kier alpha value is -1.92. The third-order valence-electron chi connectivity index (χ3n) is 2.67. The van der Waals surface area contributed by atoms with Crippen LogP contribution in [0.1, 0.15) is 12.5 Å². The molecule has 6 heteroatoms. The average molecular weight is 279 g/mol. The van der Waals surface area contributed by atoms with E-state index < -0.39 is 6.04 Å². The second-order valence-electron chi connectivity index (χ2n) is 4.48. The second kappa shape index (κ2) is 8.29. The second-order valence-corrected chi connectivity index (χ2v) is 4.48. The first kappa shape index (κ1) is 16.1. The van der Waals surface area contributed by atoms with E-state index in [-0.39, 0.29) is 18.4 Å². The van der Waals surface area contributed by atoms with Crippen molar-refractivity contribution in [2.75, 3.05) is 25.6 Å². The van der Waals surface area contributed by atoms with E-state index in [1.165, 1.54) is 14.0 Å².